The summed E-state index contributed by atoms with van der Waals surface area (Å²) in [4.78, 5) is 37.0. The normalized spacial score (nSPS) is 14.8. The number of rotatable bonds is 3. The Morgan fingerprint density at radius 2 is 1.80 bits per heavy atom. The van der Waals surface area contributed by atoms with Crippen molar-refractivity contribution >= 4 is 23.6 Å². The first-order valence-electron chi connectivity index (χ1n) is 8.40. The first kappa shape index (κ1) is 18.8. The van der Waals surface area contributed by atoms with E-state index in [0.29, 0.717) is 25.3 Å². The molecular formula is C18H25N3O4. The molecular weight excluding hydrogens is 322 g/mol. The molecule has 1 fully saturated rings. The summed E-state index contributed by atoms with van der Waals surface area (Å²) in [6, 6.07) is 5.51. The van der Waals surface area contributed by atoms with Crippen molar-refractivity contribution < 1.29 is 19.1 Å². The van der Waals surface area contributed by atoms with Gasteiger partial charge in [0.1, 0.15) is 0 Å². The molecule has 0 atom stereocenters. The topological polar surface area (TPSA) is 87.7 Å². The number of nitrogens with one attached hydrogen (secondary N) is 2. The van der Waals surface area contributed by atoms with Gasteiger partial charge < -0.3 is 20.3 Å². The van der Waals surface area contributed by atoms with Gasteiger partial charge in [0, 0.05) is 25.3 Å². The van der Waals surface area contributed by atoms with Gasteiger partial charge >= 0.3 is 17.9 Å². The molecule has 0 aliphatic carbocycles. The summed E-state index contributed by atoms with van der Waals surface area (Å²) in [5.74, 6) is -1.07. The fourth-order valence-corrected chi connectivity index (χ4v) is 2.77. The molecule has 1 heterocycles. The lowest BCUT2D eigenvalue weighted by Gasteiger charge is -2.30. The third-order valence-electron chi connectivity index (χ3n) is 4.57. The molecule has 1 aromatic rings. The molecule has 0 aromatic heterocycles. The number of nitrogens with zero attached hydrogens (tertiary/aromatic N) is 1. The van der Waals surface area contributed by atoms with E-state index in [2.05, 4.69) is 10.6 Å². The molecule has 3 amide bonds. The number of piperidine rings is 1. The van der Waals surface area contributed by atoms with Crippen LogP contribution in [0.3, 0.4) is 0 Å². The summed E-state index contributed by atoms with van der Waals surface area (Å²) in [5, 5.41) is 5.28. The Balaban J connectivity index is 1.75. The third kappa shape index (κ3) is 5.20. The second-order valence-corrected chi connectivity index (χ2v) is 6.36. The minimum absolute atomic E-state index is 0.249. The fourth-order valence-electron chi connectivity index (χ4n) is 2.77. The molecule has 25 heavy (non-hydrogen) atoms. The molecule has 0 radical (unpaired) electrons. The Morgan fingerprint density at radius 1 is 1.12 bits per heavy atom. The van der Waals surface area contributed by atoms with E-state index in [0.717, 1.165) is 24.0 Å². The van der Waals surface area contributed by atoms with Crippen LogP contribution in [-0.2, 0) is 14.3 Å². The summed E-state index contributed by atoms with van der Waals surface area (Å²) in [6.45, 7) is 5.56. The highest BCUT2D eigenvalue weighted by atomic mass is 16.5. The predicted octanol–water partition coefficient (Wildman–Crippen LogP) is 1.84. The zero-order valence-electron chi connectivity index (χ0n) is 14.9. The van der Waals surface area contributed by atoms with Crippen LogP contribution in [0.15, 0.2) is 18.2 Å². The van der Waals surface area contributed by atoms with Gasteiger partial charge in [-0.25, -0.2) is 4.79 Å². The molecule has 0 bridgehead atoms. The highest BCUT2D eigenvalue weighted by Gasteiger charge is 2.24. The van der Waals surface area contributed by atoms with Crippen LogP contribution in [0.2, 0.25) is 0 Å². The first-order valence-corrected chi connectivity index (χ1v) is 8.40. The number of amides is 3. The van der Waals surface area contributed by atoms with E-state index in [1.165, 1.54) is 7.11 Å². The SMILES string of the molecule is COC(=O)N1CCC(CNC(=O)C(=O)Nc2ccc(C)c(C)c2)CC1. The van der Waals surface area contributed by atoms with Crippen molar-refractivity contribution in [1.82, 2.24) is 10.2 Å². The van der Waals surface area contributed by atoms with Crippen LogP contribution in [0.1, 0.15) is 24.0 Å². The number of ether oxygens (including phenoxy) is 1. The monoisotopic (exact) mass is 347 g/mol. The second-order valence-electron chi connectivity index (χ2n) is 6.36. The number of hydrogen-bond acceptors (Lipinski definition) is 4. The van der Waals surface area contributed by atoms with E-state index in [4.69, 9.17) is 4.74 Å². The maximum absolute atomic E-state index is 12.0. The molecule has 136 valence electrons. The Hall–Kier alpha value is -2.57. The second kappa shape index (κ2) is 8.50. The largest absolute Gasteiger partial charge is 0.453 e. The summed E-state index contributed by atoms with van der Waals surface area (Å²) >= 11 is 0. The van der Waals surface area contributed by atoms with Gasteiger partial charge in [-0.1, -0.05) is 6.07 Å². The lowest BCUT2D eigenvalue weighted by Crippen LogP contribution is -2.43. The van der Waals surface area contributed by atoms with Gasteiger partial charge in [0.05, 0.1) is 7.11 Å². The Labute approximate surface area is 147 Å². The fraction of sp³-hybridized carbons (Fsp3) is 0.500. The first-order chi connectivity index (χ1) is 11.9. The molecule has 0 spiro atoms. The molecule has 7 nitrogen and oxygen atoms in total. The van der Waals surface area contributed by atoms with Crippen LogP contribution in [0.5, 0.6) is 0 Å². The Morgan fingerprint density at radius 3 is 2.40 bits per heavy atom. The van der Waals surface area contributed by atoms with Crippen molar-refractivity contribution in [3.63, 3.8) is 0 Å². The molecule has 0 saturated carbocycles. The van der Waals surface area contributed by atoms with Crippen molar-refractivity contribution in [3.05, 3.63) is 29.3 Å². The van der Waals surface area contributed by atoms with Gasteiger partial charge in [-0.2, -0.15) is 0 Å². The minimum Gasteiger partial charge on any atom is -0.453 e. The van der Waals surface area contributed by atoms with E-state index in [-0.39, 0.29) is 12.0 Å². The maximum Gasteiger partial charge on any atom is 0.409 e. The van der Waals surface area contributed by atoms with E-state index in [1.807, 2.05) is 26.0 Å². The Bertz CT molecular complexity index is 652. The lowest BCUT2D eigenvalue weighted by molar-refractivity contribution is -0.136. The number of likely N-dealkylation sites (tertiary alicyclic amines) is 1. The quantitative estimate of drug-likeness (QED) is 0.817. The van der Waals surface area contributed by atoms with Crippen molar-refractivity contribution in [2.45, 2.75) is 26.7 Å². The minimum atomic E-state index is -0.671. The van der Waals surface area contributed by atoms with Crippen molar-refractivity contribution in [2.24, 2.45) is 5.92 Å². The zero-order valence-corrected chi connectivity index (χ0v) is 14.9. The molecule has 1 saturated heterocycles. The van der Waals surface area contributed by atoms with E-state index < -0.39 is 11.8 Å². The predicted molar refractivity (Wildman–Crippen MR) is 94.3 cm³/mol. The number of aryl methyl sites for hydroxylation is 2. The summed E-state index contributed by atoms with van der Waals surface area (Å²) in [7, 11) is 1.36. The number of anilines is 1. The van der Waals surface area contributed by atoms with Gasteiger partial charge in [0.2, 0.25) is 0 Å². The Kier molecular flexibility index (Phi) is 6.38. The molecule has 2 N–H and O–H groups in total. The van der Waals surface area contributed by atoms with Crippen molar-refractivity contribution in [1.29, 1.82) is 0 Å². The molecule has 1 aromatic carbocycles. The van der Waals surface area contributed by atoms with Crippen LogP contribution in [0.4, 0.5) is 10.5 Å². The number of carbonyl (C=O) groups is 3. The van der Waals surface area contributed by atoms with E-state index in [1.54, 1.807) is 11.0 Å². The highest BCUT2D eigenvalue weighted by Crippen LogP contribution is 2.17. The third-order valence-corrected chi connectivity index (χ3v) is 4.57. The van der Waals surface area contributed by atoms with E-state index >= 15 is 0 Å². The zero-order chi connectivity index (χ0) is 18.4. The number of methoxy groups -OCH3 is 1. The standard InChI is InChI=1S/C18H25N3O4/c1-12-4-5-15(10-13(12)2)20-17(23)16(22)19-11-14-6-8-21(9-7-14)18(24)25-3/h4-5,10,14H,6-9,11H2,1-3H3,(H,19,22)(H,20,23). The summed E-state index contributed by atoms with van der Waals surface area (Å²) < 4.78 is 4.69. The summed E-state index contributed by atoms with van der Waals surface area (Å²) in [6.07, 6.45) is 1.22. The van der Waals surface area contributed by atoms with Crippen molar-refractivity contribution in [3.8, 4) is 0 Å². The highest BCUT2D eigenvalue weighted by molar-refractivity contribution is 6.39. The van der Waals surface area contributed by atoms with Crippen molar-refractivity contribution in [2.75, 3.05) is 32.1 Å². The number of benzene rings is 1. The summed E-state index contributed by atoms with van der Waals surface area (Å²) in [5.41, 5.74) is 2.78. The van der Waals surface area contributed by atoms with Gasteiger partial charge in [0.25, 0.3) is 0 Å². The smallest absolute Gasteiger partial charge is 0.409 e. The average Bonchev–Trinajstić information content (AvgIpc) is 2.62. The maximum atomic E-state index is 12.0. The van der Waals surface area contributed by atoms with Crippen LogP contribution in [0, 0.1) is 19.8 Å². The molecule has 7 heteroatoms. The molecule has 1 aliphatic rings. The number of hydrogen-bond donors (Lipinski definition) is 2. The van der Waals surface area contributed by atoms with Gasteiger partial charge in [0.15, 0.2) is 0 Å². The van der Waals surface area contributed by atoms with Gasteiger partial charge in [-0.05, 0) is 55.9 Å². The lowest BCUT2D eigenvalue weighted by atomic mass is 9.97. The molecule has 2 rings (SSSR count). The van der Waals surface area contributed by atoms with Crippen LogP contribution in [0.25, 0.3) is 0 Å². The molecule has 1 aliphatic heterocycles. The van der Waals surface area contributed by atoms with Crippen LogP contribution < -0.4 is 10.6 Å². The van der Waals surface area contributed by atoms with Crippen LogP contribution in [-0.4, -0.2) is 49.6 Å². The van der Waals surface area contributed by atoms with E-state index in [9.17, 15) is 14.4 Å². The average molecular weight is 347 g/mol. The number of carbonyl (C=O) groups excluding carboxylic acids is 3. The van der Waals surface area contributed by atoms with Gasteiger partial charge in [-0.3, -0.25) is 9.59 Å². The van der Waals surface area contributed by atoms with Gasteiger partial charge in [-0.15, -0.1) is 0 Å². The van der Waals surface area contributed by atoms with Crippen LogP contribution >= 0.6 is 0 Å². The molecule has 0 unspecified atom stereocenters.